The summed E-state index contributed by atoms with van der Waals surface area (Å²) in [6.07, 6.45) is -1.05. The van der Waals surface area contributed by atoms with Crippen LogP contribution in [-0.4, -0.2) is 43.8 Å². The predicted octanol–water partition coefficient (Wildman–Crippen LogP) is 2.56. The van der Waals surface area contributed by atoms with Crippen LogP contribution in [0, 0.1) is 17.0 Å². The Morgan fingerprint density at radius 2 is 1.86 bits per heavy atom. The van der Waals surface area contributed by atoms with Crippen LogP contribution in [0.3, 0.4) is 0 Å². The second-order valence-corrected chi connectivity index (χ2v) is 8.39. The number of nitro groups is 1. The molecule has 150 valence electrons. The normalized spacial score (nSPS) is 12.5. The molecule has 2 rings (SSSR count). The number of amides is 1. The van der Waals surface area contributed by atoms with Crippen LogP contribution >= 0.6 is 0 Å². The van der Waals surface area contributed by atoms with Gasteiger partial charge in [-0.15, -0.1) is 0 Å². The van der Waals surface area contributed by atoms with Crippen LogP contribution in [0.2, 0.25) is 0 Å². The SMILES string of the molecule is Cc1ccc(S(=O)(=O)N(C)C)cc1NC(=O)[C@H](C)Oc1ccccc1[N+](=O)[O-]. The van der Waals surface area contributed by atoms with Gasteiger partial charge in [0.1, 0.15) is 0 Å². The minimum Gasteiger partial charge on any atom is -0.474 e. The van der Waals surface area contributed by atoms with E-state index in [1.807, 2.05) is 0 Å². The van der Waals surface area contributed by atoms with Gasteiger partial charge in [-0.25, -0.2) is 12.7 Å². The summed E-state index contributed by atoms with van der Waals surface area (Å²) in [5.41, 5.74) is 0.715. The zero-order valence-corrected chi connectivity index (χ0v) is 16.7. The molecule has 0 heterocycles. The number of benzene rings is 2. The number of hydrogen-bond donors (Lipinski definition) is 1. The molecule has 0 aliphatic heterocycles. The molecule has 1 amide bonds. The Hall–Kier alpha value is -2.98. The molecule has 0 saturated carbocycles. The average molecular weight is 407 g/mol. The van der Waals surface area contributed by atoms with Crippen LogP contribution in [-0.2, 0) is 14.8 Å². The fraction of sp³-hybridized carbons (Fsp3) is 0.278. The number of nitrogens with zero attached hydrogens (tertiary/aromatic N) is 2. The number of sulfonamides is 1. The number of nitro benzene ring substituents is 1. The molecular weight excluding hydrogens is 386 g/mol. The van der Waals surface area contributed by atoms with Crippen molar-refractivity contribution in [2.24, 2.45) is 0 Å². The maximum atomic E-state index is 12.5. The van der Waals surface area contributed by atoms with Crippen molar-refractivity contribution < 1.29 is 22.9 Å². The van der Waals surface area contributed by atoms with Gasteiger partial charge in [-0.3, -0.25) is 14.9 Å². The Morgan fingerprint density at radius 3 is 2.46 bits per heavy atom. The first-order chi connectivity index (χ1) is 13.0. The maximum Gasteiger partial charge on any atom is 0.310 e. The van der Waals surface area contributed by atoms with Gasteiger partial charge >= 0.3 is 5.69 Å². The van der Waals surface area contributed by atoms with Gasteiger partial charge in [-0.2, -0.15) is 0 Å². The number of para-hydroxylation sites is 2. The zero-order chi connectivity index (χ0) is 21.1. The smallest absolute Gasteiger partial charge is 0.310 e. The second kappa shape index (κ2) is 8.36. The first-order valence-electron chi connectivity index (χ1n) is 8.28. The molecule has 0 saturated heterocycles. The molecule has 0 aliphatic carbocycles. The lowest BCUT2D eigenvalue weighted by Gasteiger charge is -2.17. The molecule has 2 aromatic rings. The molecule has 2 aromatic carbocycles. The summed E-state index contributed by atoms with van der Waals surface area (Å²) in [4.78, 5) is 23.0. The van der Waals surface area contributed by atoms with Gasteiger partial charge in [0.25, 0.3) is 5.91 Å². The van der Waals surface area contributed by atoms with Crippen LogP contribution < -0.4 is 10.1 Å². The molecule has 0 aliphatic rings. The van der Waals surface area contributed by atoms with Crippen molar-refractivity contribution in [2.45, 2.75) is 24.8 Å². The Kier molecular flexibility index (Phi) is 6.37. The summed E-state index contributed by atoms with van der Waals surface area (Å²) in [6.45, 7) is 3.16. The number of nitrogens with one attached hydrogen (secondary N) is 1. The van der Waals surface area contributed by atoms with Gasteiger partial charge in [0, 0.05) is 25.8 Å². The lowest BCUT2D eigenvalue weighted by atomic mass is 10.2. The van der Waals surface area contributed by atoms with Crippen LogP contribution in [0.4, 0.5) is 11.4 Å². The van der Waals surface area contributed by atoms with Crippen molar-refractivity contribution in [2.75, 3.05) is 19.4 Å². The van der Waals surface area contributed by atoms with Crippen LogP contribution in [0.15, 0.2) is 47.4 Å². The van der Waals surface area contributed by atoms with Crippen LogP contribution in [0.1, 0.15) is 12.5 Å². The third-order valence-corrected chi connectivity index (χ3v) is 5.79. The van der Waals surface area contributed by atoms with Crippen molar-refractivity contribution in [3.8, 4) is 5.75 Å². The highest BCUT2D eigenvalue weighted by Crippen LogP contribution is 2.27. The highest BCUT2D eigenvalue weighted by molar-refractivity contribution is 7.89. The Morgan fingerprint density at radius 1 is 1.21 bits per heavy atom. The molecule has 0 fully saturated rings. The lowest BCUT2D eigenvalue weighted by molar-refractivity contribution is -0.386. The molecule has 0 aromatic heterocycles. The molecule has 28 heavy (non-hydrogen) atoms. The van der Waals surface area contributed by atoms with Gasteiger partial charge in [-0.05, 0) is 37.6 Å². The zero-order valence-electron chi connectivity index (χ0n) is 15.9. The van der Waals surface area contributed by atoms with E-state index in [-0.39, 0.29) is 16.3 Å². The van der Waals surface area contributed by atoms with Crippen LogP contribution in [0.5, 0.6) is 5.75 Å². The summed E-state index contributed by atoms with van der Waals surface area (Å²) < 4.78 is 31.1. The third kappa shape index (κ3) is 4.65. The molecule has 0 bridgehead atoms. The average Bonchev–Trinajstić information content (AvgIpc) is 2.63. The van der Waals surface area contributed by atoms with Gasteiger partial charge in [0.05, 0.1) is 9.82 Å². The predicted molar refractivity (Wildman–Crippen MR) is 104 cm³/mol. The first-order valence-corrected chi connectivity index (χ1v) is 9.72. The van der Waals surface area contributed by atoms with E-state index in [1.165, 1.54) is 51.4 Å². The Balaban J connectivity index is 2.22. The molecule has 9 nitrogen and oxygen atoms in total. The number of hydrogen-bond acceptors (Lipinski definition) is 6. The molecule has 10 heteroatoms. The minimum absolute atomic E-state index is 0.0317. The van der Waals surface area contributed by atoms with E-state index in [0.717, 1.165) is 4.31 Å². The highest BCUT2D eigenvalue weighted by Gasteiger charge is 2.23. The third-order valence-electron chi connectivity index (χ3n) is 3.98. The van der Waals surface area contributed by atoms with E-state index >= 15 is 0 Å². The lowest BCUT2D eigenvalue weighted by Crippen LogP contribution is -2.30. The highest BCUT2D eigenvalue weighted by atomic mass is 32.2. The van der Waals surface area contributed by atoms with E-state index in [1.54, 1.807) is 19.1 Å². The Labute approximate surface area is 163 Å². The first kappa shape index (κ1) is 21.3. The molecule has 1 atom stereocenters. The summed E-state index contributed by atoms with van der Waals surface area (Å²) in [5.74, 6) is -0.600. The number of anilines is 1. The minimum atomic E-state index is -3.66. The van der Waals surface area contributed by atoms with Crippen molar-refractivity contribution >= 4 is 27.3 Å². The number of ether oxygens (including phenoxy) is 1. The molecule has 1 N–H and O–H groups in total. The summed E-state index contributed by atoms with van der Waals surface area (Å²) in [7, 11) is -0.834. The van der Waals surface area contributed by atoms with E-state index in [9.17, 15) is 23.3 Å². The summed E-state index contributed by atoms with van der Waals surface area (Å²) in [6, 6.07) is 10.1. The number of aryl methyl sites for hydroxylation is 1. The summed E-state index contributed by atoms with van der Waals surface area (Å²) >= 11 is 0. The van der Waals surface area contributed by atoms with E-state index in [4.69, 9.17) is 4.74 Å². The van der Waals surface area contributed by atoms with E-state index in [0.29, 0.717) is 11.3 Å². The quantitative estimate of drug-likeness (QED) is 0.556. The monoisotopic (exact) mass is 407 g/mol. The Bertz CT molecular complexity index is 1000. The fourth-order valence-electron chi connectivity index (χ4n) is 2.29. The second-order valence-electron chi connectivity index (χ2n) is 6.24. The van der Waals surface area contributed by atoms with Crippen molar-refractivity contribution in [3.05, 3.63) is 58.1 Å². The van der Waals surface area contributed by atoms with Gasteiger partial charge < -0.3 is 10.1 Å². The number of carbonyl (C=O) groups excluding carboxylic acids is 1. The van der Waals surface area contributed by atoms with Crippen LogP contribution in [0.25, 0.3) is 0 Å². The molecule has 0 unspecified atom stereocenters. The van der Waals surface area contributed by atoms with Crippen molar-refractivity contribution in [1.29, 1.82) is 0 Å². The van der Waals surface area contributed by atoms with Crippen molar-refractivity contribution in [3.63, 3.8) is 0 Å². The van der Waals surface area contributed by atoms with Crippen molar-refractivity contribution in [1.82, 2.24) is 4.31 Å². The largest absolute Gasteiger partial charge is 0.474 e. The molecule has 0 radical (unpaired) electrons. The van der Waals surface area contributed by atoms with E-state index in [2.05, 4.69) is 5.32 Å². The number of carbonyl (C=O) groups is 1. The molecule has 0 spiro atoms. The topological polar surface area (TPSA) is 119 Å². The molecular formula is C18H21N3O6S. The van der Waals surface area contributed by atoms with Gasteiger partial charge in [-0.1, -0.05) is 18.2 Å². The fourth-order valence-corrected chi connectivity index (χ4v) is 3.22. The van der Waals surface area contributed by atoms with Gasteiger partial charge in [0.2, 0.25) is 10.0 Å². The summed E-state index contributed by atoms with van der Waals surface area (Å²) in [5, 5.41) is 13.7. The van der Waals surface area contributed by atoms with E-state index < -0.39 is 27.0 Å². The van der Waals surface area contributed by atoms with Gasteiger partial charge in [0.15, 0.2) is 11.9 Å². The number of rotatable bonds is 7. The maximum absolute atomic E-state index is 12.5. The standard InChI is InChI=1S/C18H21N3O6S/c1-12-9-10-14(28(25,26)20(3)4)11-15(12)19-18(22)13(2)27-17-8-6-5-7-16(17)21(23)24/h5-11,13H,1-4H3,(H,19,22)/t13-/m0/s1.